The highest BCUT2D eigenvalue weighted by molar-refractivity contribution is 5.82. The van der Waals surface area contributed by atoms with Gasteiger partial charge in [0.1, 0.15) is 17.6 Å². The van der Waals surface area contributed by atoms with E-state index in [1.807, 2.05) is 24.4 Å². The highest BCUT2D eigenvalue weighted by atomic mass is 15.1. The number of benzene rings is 1. The first kappa shape index (κ1) is 19.3. The third-order valence-corrected chi connectivity index (χ3v) is 6.01. The number of anilines is 2. The Kier molecular flexibility index (Phi) is 5.34. The van der Waals surface area contributed by atoms with Crippen molar-refractivity contribution in [2.75, 3.05) is 18.4 Å². The first-order valence-electron chi connectivity index (χ1n) is 10.7. The Morgan fingerprint density at radius 2 is 1.94 bits per heavy atom. The second-order valence-electron chi connectivity index (χ2n) is 8.02. The maximum Gasteiger partial charge on any atom is 0.140 e. The van der Waals surface area contributed by atoms with Crippen molar-refractivity contribution < 1.29 is 0 Å². The normalized spacial score (nSPS) is 15.1. The highest BCUT2D eigenvalue weighted by Gasteiger charge is 2.22. The van der Waals surface area contributed by atoms with Crippen LogP contribution in [0.5, 0.6) is 0 Å². The maximum absolute atomic E-state index is 8.89. The third kappa shape index (κ3) is 4.27. The number of likely N-dealkylation sites (tertiary alicyclic amines) is 1. The summed E-state index contributed by atoms with van der Waals surface area (Å²) in [6.07, 6.45) is 5.90. The Bertz CT molecular complexity index is 1210. The number of H-pyrrole nitrogens is 1. The van der Waals surface area contributed by atoms with E-state index < -0.39 is 0 Å². The van der Waals surface area contributed by atoms with Crippen LogP contribution in [0.4, 0.5) is 11.5 Å². The maximum atomic E-state index is 8.89. The Labute approximate surface area is 181 Å². The number of piperidine rings is 1. The van der Waals surface area contributed by atoms with Crippen molar-refractivity contribution in [3.05, 3.63) is 83.9 Å². The molecule has 1 aliphatic rings. The van der Waals surface area contributed by atoms with Gasteiger partial charge in [0.2, 0.25) is 0 Å². The van der Waals surface area contributed by atoms with Crippen LogP contribution < -0.4 is 5.32 Å². The summed E-state index contributed by atoms with van der Waals surface area (Å²) < 4.78 is 0. The average molecular weight is 409 g/mol. The highest BCUT2D eigenvalue weighted by Crippen LogP contribution is 2.29. The van der Waals surface area contributed by atoms with E-state index in [2.05, 4.69) is 56.6 Å². The third-order valence-electron chi connectivity index (χ3n) is 6.01. The van der Waals surface area contributed by atoms with E-state index >= 15 is 0 Å². The number of nitriles is 1. The first-order valence-corrected chi connectivity index (χ1v) is 10.7. The van der Waals surface area contributed by atoms with Gasteiger partial charge in [0.05, 0.1) is 11.9 Å². The fourth-order valence-electron chi connectivity index (χ4n) is 4.35. The summed E-state index contributed by atoms with van der Waals surface area (Å²) >= 11 is 0. The molecule has 3 aromatic heterocycles. The van der Waals surface area contributed by atoms with Gasteiger partial charge in [-0.15, -0.1) is 0 Å². The zero-order valence-corrected chi connectivity index (χ0v) is 17.3. The molecule has 1 aliphatic heterocycles. The van der Waals surface area contributed by atoms with Crippen molar-refractivity contribution in [2.45, 2.75) is 25.3 Å². The van der Waals surface area contributed by atoms with Crippen LogP contribution in [0.15, 0.2) is 67.0 Å². The predicted octanol–water partition coefficient (Wildman–Crippen LogP) is 4.95. The monoisotopic (exact) mass is 408 g/mol. The number of aromatic nitrogens is 3. The first-order chi connectivity index (χ1) is 15.3. The smallest absolute Gasteiger partial charge is 0.140 e. The Hall–Kier alpha value is -3.69. The molecule has 1 fully saturated rings. The topological polar surface area (TPSA) is 80.6 Å². The molecule has 4 heterocycles. The van der Waals surface area contributed by atoms with Crippen LogP contribution in [-0.2, 0) is 6.54 Å². The summed E-state index contributed by atoms with van der Waals surface area (Å²) in [6.45, 7) is 3.14. The van der Waals surface area contributed by atoms with Gasteiger partial charge in [-0.2, -0.15) is 5.26 Å². The summed E-state index contributed by atoms with van der Waals surface area (Å²) in [7, 11) is 0. The van der Waals surface area contributed by atoms with Gasteiger partial charge in [0.25, 0.3) is 0 Å². The molecule has 2 N–H and O–H groups in total. The molecule has 154 valence electrons. The molecular formula is C25H24N6. The van der Waals surface area contributed by atoms with Crippen LogP contribution >= 0.6 is 0 Å². The van der Waals surface area contributed by atoms with Crippen molar-refractivity contribution in [1.29, 1.82) is 5.26 Å². The standard InChI is InChI=1S/C25H24N6/c26-15-20-7-8-21(16-28-20)29-25-6-2-4-23(30-25)18-10-13-31(14-11-18)17-19-3-1-5-24-22(19)9-12-27-24/h1-9,12,16,18,27H,10-11,13-14,17H2,(H,29,30). The second-order valence-corrected chi connectivity index (χ2v) is 8.02. The lowest BCUT2D eigenvalue weighted by Crippen LogP contribution is -2.32. The predicted molar refractivity (Wildman–Crippen MR) is 122 cm³/mol. The van der Waals surface area contributed by atoms with Gasteiger partial charge in [0, 0.05) is 35.3 Å². The fraction of sp³-hybridized carbons (Fsp3) is 0.240. The summed E-state index contributed by atoms with van der Waals surface area (Å²) in [5, 5.41) is 13.5. The zero-order valence-electron chi connectivity index (χ0n) is 17.3. The molecule has 0 aliphatic carbocycles. The molecule has 0 radical (unpaired) electrons. The van der Waals surface area contributed by atoms with Crippen LogP contribution in [0, 0.1) is 11.3 Å². The molecule has 0 spiro atoms. The van der Waals surface area contributed by atoms with Crippen molar-refractivity contribution in [2.24, 2.45) is 0 Å². The Morgan fingerprint density at radius 1 is 1.06 bits per heavy atom. The van der Waals surface area contributed by atoms with E-state index in [0.717, 1.165) is 49.7 Å². The summed E-state index contributed by atoms with van der Waals surface area (Å²) in [4.78, 5) is 14.8. The summed E-state index contributed by atoms with van der Waals surface area (Å²) in [5.41, 5.74) is 4.97. The molecule has 6 heteroatoms. The van der Waals surface area contributed by atoms with Gasteiger partial charge in [0.15, 0.2) is 0 Å². The molecule has 0 unspecified atom stereocenters. The number of hydrogen-bond donors (Lipinski definition) is 2. The number of rotatable bonds is 5. The molecule has 0 atom stereocenters. The van der Waals surface area contributed by atoms with Crippen LogP contribution in [0.3, 0.4) is 0 Å². The molecule has 1 aromatic carbocycles. The number of nitrogens with one attached hydrogen (secondary N) is 2. The van der Waals surface area contributed by atoms with E-state index in [-0.39, 0.29) is 0 Å². The number of nitrogens with zero attached hydrogens (tertiary/aromatic N) is 4. The lowest BCUT2D eigenvalue weighted by Gasteiger charge is -2.32. The number of hydrogen-bond acceptors (Lipinski definition) is 5. The lowest BCUT2D eigenvalue weighted by molar-refractivity contribution is 0.204. The van der Waals surface area contributed by atoms with Crippen molar-refractivity contribution >= 4 is 22.4 Å². The van der Waals surface area contributed by atoms with E-state index in [0.29, 0.717) is 11.6 Å². The summed E-state index contributed by atoms with van der Waals surface area (Å²) in [6, 6.07) is 20.4. The van der Waals surface area contributed by atoms with E-state index in [1.54, 1.807) is 12.3 Å². The molecule has 5 rings (SSSR count). The SMILES string of the molecule is N#Cc1ccc(Nc2cccc(C3CCN(Cc4cccc5[nH]ccc45)CC3)n2)cn1. The van der Waals surface area contributed by atoms with E-state index in [4.69, 9.17) is 10.2 Å². The molecule has 4 aromatic rings. The van der Waals surface area contributed by atoms with Gasteiger partial charge in [-0.25, -0.2) is 9.97 Å². The van der Waals surface area contributed by atoms with Gasteiger partial charge in [-0.3, -0.25) is 4.90 Å². The fourth-order valence-corrected chi connectivity index (χ4v) is 4.35. The largest absolute Gasteiger partial charge is 0.361 e. The number of aromatic amines is 1. The van der Waals surface area contributed by atoms with Crippen molar-refractivity contribution in [3.8, 4) is 6.07 Å². The van der Waals surface area contributed by atoms with Crippen molar-refractivity contribution in [1.82, 2.24) is 19.9 Å². The van der Waals surface area contributed by atoms with Crippen LogP contribution in [0.2, 0.25) is 0 Å². The van der Waals surface area contributed by atoms with Gasteiger partial charge in [-0.05, 0) is 67.9 Å². The molecule has 0 bridgehead atoms. The van der Waals surface area contributed by atoms with Gasteiger partial charge in [-0.1, -0.05) is 18.2 Å². The second kappa shape index (κ2) is 8.58. The molecule has 0 amide bonds. The molecule has 6 nitrogen and oxygen atoms in total. The Balaban J connectivity index is 1.22. The van der Waals surface area contributed by atoms with Gasteiger partial charge < -0.3 is 10.3 Å². The lowest BCUT2D eigenvalue weighted by atomic mass is 9.92. The quantitative estimate of drug-likeness (QED) is 0.488. The summed E-state index contributed by atoms with van der Waals surface area (Å²) in [5.74, 6) is 1.28. The van der Waals surface area contributed by atoms with Crippen LogP contribution in [-0.4, -0.2) is 32.9 Å². The zero-order chi connectivity index (χ0) is 21.0. The van der Waals surface area contributed by atoms with Crippen LogP contribution in [0.1, 0.15) is 35.7 Å². The molecule has 0 saturated carbocycles. The van der Waals surface area contributed by atoms with E-state index in [1.165, 1.54) is 16.5 Å². The Morgan fingerprint density at radius 3 is 2.74 bits per heavy atom. The molecule has 1 saturated heterocycles. The molecular weight excluding hydrogens is 384 g/mol. The van der Waals surface area contributed by atoms with E-state index in [9.17, 15) is 0 Å². The average Bonchev–Trinajstić information content (AvgIpc) is 3.30. The van der Waals surface area contributed by atoms with Gasteiger partial charge >= 0.3 is 0 Å². The minimum atomic E-state index is 0.409. The van der Waals surface area contributed by atoms with Crippen molar-refractivity contribution in [3.63, 3.8) is 0 Å². The number of fused-ring (bicyclic) bond motifs is 1. The minimum Gasteiger partial charge on any atom is -0.361 e. The van der Waals surface area contributed by atoms with Crippen LogP contribution in [0.25, 0.3) is 10.9 Å². The minimum absolute atomic E-state index is 0.409. The number of pyridine rings is 2. The molecule has 31 heavy (non-hydrogen) atoms.